The van der Waals surface area contributed by atoms with Crippen LogP contribution in [0, 0.1) is 17.2 Å². The van der Waals surface area contributed by atoms with E-state index < -0.39 is 0 Å². The predicted octanol–water partition coefficient (Wildman–Crippen LogP) is 1.86. The Bertz CT molecular complexity index is 207. The van der Waals surface area contributed by atoms with E-state index in [4.69, 9.17) is 11.1 Å². The minimum Gasteiger partial charge on any atom is -0.387 e. The SMILES string of the molecule is C.CC(C)C(=N)N.CC(C)C1=NCCN1. The van der Waals surface area contributed by atoms with Crippen LogP contribution in [0.5, 0.6) is 0 Å². The lowest BCUT2D eigenvalue weighted by atomic mass is 10.2. The lowest BCUT2D eigenvalue weighted by molar-refractivity contribution is 0.838. The zero-order chi connectivity index (χ0) is 11.1. The maximum atomic E-state index is 6.73. The number of nitrogens with one attached hydrogen (secondary N) is 2. The standard InChI is InChI=1S/C6H12N2.C4H10N2.CH4/c1-5(2)6-7-3-4-8-6;1-3(2)4(5)6;/h5H,3-4H2,1-2H3,(H,7,8);3H,1-2H3,(H3,5,6);1H4. The second-order valence-electron chi connectivity index (χ2n) is 3.96. The average molecular weight is 214 g/mol. The van der Waals surface area contributed by atoms with E-state index >= 15 is 0 Å². The maximum absolute atomic E-state index is 6.73. The van der Waals surface area contributed by atoms with Crippen molar-refractivity contribution >= 4 is 11.7 Å². The fourth-order valence-corrected chi connectivity index (χ4v) is 0.803. The van der Waals surface area contributed by atoms with Crippen molar-refractivity contribution in [1.82, 2.24) is 5.32 Å². The Labute approximate surface area is 93.9 Å². The molecule has 0 aromatic carbocycles. The van der Waals surface area contributed by atoms with Crippen molar-refractivity contribution in [3.05, 3.63) is 0 Å². The summed E-state index contributed by atoms with van der Waals surface area (Å²) in [5, 5.41) is 9.93. The van der Waals surface area contributed by atoms with Gasteiger partial charge in [-0.2, -0.15) is 0 Å². The first-order chi connectivity index (χ1) is 6.45. The van der Waals surface area contributed by atoms with E-state index in [1.807, 2.05) is 13.8 Å². The summed E-state index contributed by atoms with van der Waals surface area (Å²) in [6.07, 6.45) is 0. The predicted molar refractivity (Wildman–Crippen MR) is 68.6 cm³/mol. The number of aliphatic imine (C=N–C) groups is 1. The molecule has 1 aliphatic heterocycles. The molecule has 1 rings (SSSR count). The van der Waals surface area contributed by atoms with Crippen molar-refractivity contribution in [3.8, 4) is 0 Å². The van der Waals surface area contributed by atoms with Gasteiger partial charge >= 0.3 is 0 Å². The fourth-order valence-electron chi connectivity index (χ4n) is 0.803. The van der Waals surface area contributed by atoms with Gasteiger partial charge in [-0.1, -0.05) is 35.1 Å². The van der Waals surface area contributed by atoms with Crippen molar-refractivity contribution < 1.29 is 0 Å². The van der Waals surface area contributed by atoms with Crippen LogP contribution in [0.25, 0.3) is 0 Å². The maximum Gasteiger partial charge on any atom is 0.0990 e. The van der Waals surface area contributed by atoms with Crippen molar-refractivity contribution in [3.63, 3.8) is 0 Å². The summed E-state index contributed by atoms with van der Waals surface area (Å²) >= 11 is 0. The molecule has 4 nitrogen and oxygen atoms in total. The van der Waals surface area contributed by atoms with Crippen LogP contribution in [0.4, 0.5) is 0 Å². The summed E-state index contributed by atoms with van der Waals surface area (Å²) < 4.78 is 0. The molecule has 4 heteroatoms. The fraction of sp³-hybridized carbons (Fsp3) is 0.818. The van der Waals surface area contributed by atoms with E-state index in [0.717, 1.165) is 13.1 Å². The lowest BCUT2D eigenvalue weighted by Crippen LogP contribution is -2.23. The van der Waals surface area contributed by atoms with Crippen LogP contribution in [0.3, 0.4) is 0 Å². The third kappa shape index (κ3) is 7.97. The van der Waals surface area contributed by atoms with Gasteiger partial charge in [0, 0.05) is 18.4 Å². The molecule has 15 heavy (non-hydrogen) atoms. The Hall–Kier alpha value is -1.06. The van der Waals surface area contributed by atoms with Crippen molar-refractivity contribution in [2.45, 2.75) is 35.1 Å². The molecule has 4 N–H and O–H groups in total. The monoisotopic (exact) mass is 214 g/mol. The van der Waals surface area contributed by atoms with Crippen LogP contribution >= 0.6 is 0 Å². The summed E-state index contributed by atoms with van der Waals surface area (Å²) in [6, 6.07) is 0. The Kier molecular flexibility index (Phi) is 9.02. The molecule has 1 heterocycles. The van der Waals surface area contributed by atoms with Crippen LogP contribution in [0.15, 0.2) is 4.99 Å². The van der Waals surface area contributed by atoms with Crippen molar-refractivity contribution in [2.24, 2.45) is 22.6 Å². The molecular formula is C11H26N4. The van der Waals surface area contributed by atoms with Crippen molar-refractivity contribution in [2.75, 3.05) is 13.1 Å². The van der Waals surface area contributed by atoms with E-state index in [1.165, 1.54) is 5.84 Å². The molecule has 0 radical (unpaired) electrons. The molecule has 0 atom stereocenters. The molecular weight excluding hydrogens is 188 g/mol. The molecule has 0 amide bonds. The van der Waals surface area contributed by atoms with E-state index in [1.54, 1.807) is 0 Å². The Morgan fingerprint density at radius 1 is 1.40 bits per heavy atom. The normalized spacial score (nSPS) is 13.6. The minimum atomic E-state index is 0. The molecule has 0 aliphatic carbocycles. The van der Waals surface area contributed by atoms with Gasteiger partial charge in [0.05, 0.1) is 18.2 Å². The van der Waals surface area contributed by atoms with Gasteiger partial charge in [-0.15, -0.1) is 0 Å². The van der Waals surface area contributed by atoms with Crippen LogP contribution in [0.1, 0.15) is 35.1 Å². The van der Waals surface area contributed by atoms with Gasteiger partial charge in [-0.3, -0.25) is 10.4 Å². The molecule has 1 aliphatic rings. The van der Waals surface area contributed by atoms with E-state index in [-0.39, 0.29) is 19.2 Å². The number of rotatable bonds is 2. The van der Waals surface area contributed by atoms with Crippen LogP contribution in [-0.4, -0.2) is 24.8 Å². The molecule has 0 spiro atoms. The van der Waals surface area contributed by atoms with Gasteiger partial charge in [0.25, 0.3) is 0 Å². The summed E-state index contributed by atoms with van der Waals surface area (Å²) in [5.41, 5.74) is 5.02. The van der Waals surface area contributed by atoms with Gasteiger partial charge < -0.3 is 11.1 Å². The molecule has 0 saturated heterocycles. The smallest absolute Gasteiger partial charge is 0.0990 e. The molecule has 0 aromatic heterocycles. The quantitative estimate of drug-likeness (QED) is 0.485. The largest absolute Gasteiger partial charge is 0.387 e. The number of hydrogen-bond acceptors (Lipinski definition) is 3. The molecule has 0 fully saturated rings. The highest BCUT2D eigenvalue weighted by atomic mass is 15.1. The average Bonchev–Trinajstić information content (AvgIpc) is 2.56. The van der Waals surface area contributed by atoms with Crippen LogP contribution < -0.4 is 11.1 Å². The highest BCUT2D eigenvalue weighted by Gasteiger charge is 2.07. The lowest BCUT2D eigenvalue weighted by Gasteiger charge is -2.02. The second-order valence-corrected chi connectivity index (χ2v) is 3.96. The zero-order valence-corrected chi connectivity index (χ0v) is 9.59. The van der Waals surface area contributed by atoms with Crippen LogP contribution in [0.2, 0.25) is 0 Å². The highest BCUT2D eigenvalue weighted by molar-refractivity contribution is 5.85. The third-order valence-electron chi connectivity index (χ3n) is 1.87. The molecule has 0 unspecified atom stereocenters. The van der Waals surface area contributed by atoms with Gasteiger partial charge in [0.15, 0.2) is 0 Å². The summed E-state index contributed by atoms with van der Waals surface area (Å²) in [7, 11) is 0. The minimum absolute atomic E-state index is 0. The summed E-state index contributed by atoms with van der Waals surface area (Å²) in [5.74, 6) is 2.22. The molecule has 0 saturated carbocycles. The molecule has 90 valence electrons. The van der Waals surface area contributed by atoms with E-state index in [9.17, 15) is 0 Å². The van der Waals surface area contributed by atoms with Gasteiger partial charge in [0.1, 0.15) is 0 Å². The third-order valence-corrected chi connectivity index (χ3v) is 1.87. The van der Waals surface area contributed by atoms with E-state index in [2.05, 4.69) is 24.2 Å². The van der Waals surface area contributed by atoms with Gasteiger partial charge in [-0.05, 0) is 0 Å². The first-order valence-corrected chi connectivity index (χ1v) is 5.07. The second kappa shape index (κ2) is 8.26. The van der Waals surface area contributed by atoms with E-state index in [0.29, 0.717) is 5.92 Å². The first kappa shape index (κ1) is 16.4. The number of amidine groups is 2. The van der Waals surface area contributed by atoms with Crippen molar-refractivity contribution in [1.29, 1.82) is 5.41 Å². The summed E-state index contributed by atoms with van der Waals surface area (Å²) in [6.45, 7) is 10.1. The number of hydrogen-bond donors (Lipinski definition) is 3. The Morgan fingerprint density at radius 2 is 1.87 bits per heavy atom. The number of nitrogens with two attached hydrogens (primary N) is 1. The van der Waals surface area contributed by atoms with Gasteiger partial charge in [0.2, 0.25) is 0 Å². The molecule has 0 bridgehead atoms. The van der Waals surface area contributed by atoms with Crippen LogP contribution in [-0.2, 0) is 0 Å². The highest BCUT2D eigenvalue weighted by Crippen LogP contribution is 1.97. The first-order valence-electron chi connectivity index (χ1n) is 5.07. The Balaban J connectivity index is 0. The Morgan fingerprint density at radius 3 is 2.00 bits per heavy atom. The zero-order valence-electron chi connectivity index (χ0n) is 9.59. The molecule has 0 aromatic rings. The topological polar surface area (TPSA) is 74.3 Å². The van der Waals surface area contributed by atoms with Gasteiger partial charge in [-0.25, -0.2) is 0 Å². The summed E-state index contributed by atoms with van der Waals surface area (Å²) in [4.78, 5) is 4.24. The number of nitrogens with zero attached hydrogens (tertiary/aromatic N) is 1.